The largest absolute Gasteiger partial charge is 0.386 e. The maximum Gasteiger partial charge on any atom is 0.295 e. The van der Waals surface area contributed by atoms with Crippen molar-refractivity contribution in [3.05, 3.63) is 76.8 Å². The first kappa shape index (κ1) is 17.1. The van der Waals surface area contributed by atoms with Crippen LogP contribution in [0.15, 0.2) is 54.9 Å². The molecule has 0 saturated heterocycles. The highest BCUT2D eigenvalue weighted by Gasteiger charge is 2.14. The van der Waals surface area contributed by atoms with E-state index in [4.69, 9.17) is 11.6 Å². The third kappa shape index (κ3) is 4.43. The number of nitrogens with one attached hydrogen (secondary N) is 1. The summed E-state index contributed by atoms with van der Waals surface area (Å²) in [7, 11) is 0. The Kier molecular flexibility index (Phi) is 5.11. The molecular weight excluding hydrogens is 340 g/mol. The smallest absolute Gasteiger partial charge is 0.295 e. The van der Waals surface area contributed by atoms with Gasteiger partial charge in [-0.2, -0.15) is 0 Å². The van der Waals surface area contributed by atoms with Gasteiger partial charge in [0, 0.05) is 10.7 Å². The summed E-state index contributed by atoms with van der Waals surface area (Å²) in [5.41, 5.74) is 2.50. The average Bonchev–Trinajstić information content (AvgIpc) is 3.06. The summed E-state index contributed by atoms with van der Waals surface area (Å²) in [5, 5.41) is 17.7. The highest BCUT2D eigenvalue weighted by molar-refractivity contribution is 6.30. The molecule has 0 unspecified atom stereocenters. The van der Waals surface area contributed by atoms with E-state index in [9.17, 15) is 9.90 Å². The molecule has 3 rings (SSSR count). The van der Waals surface area contributed by atoms with Gasteiger partial charge in [0.1, 0.15) is 6.33 Å². The topological polar surface area (TPSA) is 80.0 Å². The van der Waals surface area contributed by atoms with Crippen LogP contribution in [0.2, 0.25) is 5.02 Å². The molecule has 25 heavy (non-hydrogen) atoms. The van der Waals surface area contributed by atoms with Crippen LogP contribution in [0.1, 0.15) is 27.8 Å². The highest BCUT2D eigenvalue weighted by Crippen LogP contribution is 2.17. The summed E-state index contributed by atoms with van der Waals surface area (Å²) in [4.78, 5) is 16.2. The molecule has 1 amide bonds. The van der Waals surface area contributed by atoms with Gasteiger partial charge in [0.25, 0.3) is 5.91 Å². The summed E-state index contributed by atoms with van der Waals surface area (Å²) in [6.45, 7) is 2.16. The van der Waals surface area contributed by atoms with E-state index in [0.717, 1.165) is 5.56 Å². The number of aliphatic hydroxyl groups excluding tert-OH is 1. The Balaban J connectivity index is 1.64. The molecule has 0 bridgehead atoms. The first-order valence-corrected chi connectivity index (χ1v) is 8.10. The zero-order valence-corrected chi connectivity index (χ0v) is 14.3. The van der Waals surface area contributed by atoms with Crippen LogP contribution in [-0.4, -0.2) is 25.8 Å². The number of amides is 1. The second kappa shape index (κ2) is 7.46. The lowest BCUT2D eigenvalue weighted by atomic mass is 10.1. The van der Waals surface area contributed by atoms with E-state index in [1.165, 1.54) is 11.0 Å². The second-order valence-corrected chi connectivity index (χ2v) is 6.11. The van der Waals surface area contributed by atoms with Crippen molar-refractivity contribution < 1.29 is 9.90 Å². The van der Waals surface area contributed by atoms with Gasteiger partial charge in [-0.1, -0.05) is 41.4 Å². The van der Waals surface area contributed by atoms with E-state index < -0.39 is 12.0 Å². The maximum absolute atomic E-state index is 12.2. The van der Waals surface area contributed by atoms with Crippen LogP contribution in [0.5, 0.6) is 0 Å². The van der Waals surface area contributed by atoms with Crippen LogP contribution < -0.4 is 5.32 Å². The summed E-state index contributed by atoms with van der Waals surface area (Å²) in [6.07, 6.45) is 0.649. The van der Waals surface area contributed by atoms with Crippen LogP contribution in [0.25, 0.3) is 0 Å². The molecule has 1 heterocycles. The third-order valence-corrected chi connectivity index (χ3v) is 3.92. The molecule has 0 spiro atoms. The first-order valence-electron chi connectivity index (χ1n) is 7.72. The van der Waals surface area contributed by atoms with Crippen molar-refractivity contribution in [2.75, 3.05) is 5.32 Å². The summed E-state index contributed by atoms with van der Waals surface area (Å²) >= 11 is 5.84. The first-order chi connectivity index (χ1) is 12.0. The van der Waals surface area contributed by atoms with Gasteiger partial charge < -0.3 is 10.4 Å². The Labute approximate surface area is 150 Å². The Morgan fingerprint density at radius 2 is 1.88 bits per heavy atom. The van der Waals surface area contributed by atoms with Gasteiger partial charge in [-0.25, -0.2) is 9.67 Å². The second-order valence-electron chi connectivity index (χ2n) is 5.68. The Bertz CT molecular complexity index is 860. The summed E-state index contributed by atoms with van der Waals surface area (Å²) < 4.78 is 1.43. The molecule has 0 aliphatic heterocycles. The molecule has 0 radical (unpaired) electrons. The minimum absolute atomic E-state index is 0.0453. The fourth-order valence-corrected chi connectivity index (χ4v) is 2.40. The summed E-state index contributed by atoms with van der Waals surface area (Å²) in [5.74, 6) is -0.354. The number of rotatable bonds is 5. The monoisotopic (exact) mass is 356 g/mol. The van der Waals surface area contributed by atoms with Crippen molar-refractivity contribution in [2.24, 2.45) is 0 Å². The summed E-state index contributed by atoms with van der Waals surface area (Å²) in [6, 6.07) is 14.4. The number of benzene rings is 2. The molecule has 128 valence electrons. The van der Waals surface area contributed by atoms with E-state index in [0.29, 0.717) is 16.3 Å². The van der Waals surface area contributed by atoms with Gasteiger partial charge in [-0.15, -0.1) is 5.10 Å². The minimum Gasteiger partial charge on any atom is -0.386 e. The number of hydrogen-bond acceptors (Lipinski definition) is 4. The predicted octanol–water partition coefficient (Wildman–Crippen LogP) is 3.23. The van der Waals surface area contributed by atoms with Crippen molar-refractivity contribution in [2.45, 2.75) is 19.6 Å². The number of halogens is 1. The maximum atomic E-state index is 12.2. The number of hydrogen-bond donors (Lipinski definition) is 2. The van der Waals surface area contributed by atoms with Crippen LogP contribution in [0.3, 0.4) is 0 Å². The molecule has 2 aromatic carbocycles. The molecule has 3 aromatic rings. The number of aryl methyl sites for hydroxylation is 1. The molecule has 1 atom stereocenters. The molecule has 0 aliphatic rings. The molecule has 0 saturated carbocycles. The van der Waals surface area contributed by atoms with Gasteiger partial charge >= 0.3 is 0 Å². The van der Waals surface area contributed by atoms with Crippen molar-refractivity contribution in [1.29, 1.82) is 0 Å². The number of anilines is 1. The average molecular weight is 357 g/mol. The molecule has 6 nitrogen and oxygen atoms in total. The van der Waals surface area contributed by atoms with Gasteiger partial charge in [0.05, 0.1) is 12.6 Å². The fraction of sp³-hybridized carbons (Fsp3) is 0.167. The van der Waals surface area contributed by atoms with Crippen LogP contribution >= 0.6 is 11.6 Å². The van der Waals surface area contributed by atoms with E-state index in [2.05, 4.69) is 15.4 Å². The van der Waals surface area contributed by atoms with E-state index in [1.807, 2.05) is 31.2 Å². The van der Waals surface area contributed by atoms with Crippen molar-refractivity contribution in [3.8, 4) is 0 Å². The number of aromatic nitrogens is 3. The fourth-order valence-electron chi connectivity index (χ4n) is 2.28. The number of nitrogens with zero attached hydrogens (tertiary/aromatic N) is 3. The highest BCUT2D eigenvalue weighted by atomic mass is 35.5. The van der Waals surface area contributed by atoms with Crippen LogP contribution in [-0.2, 0) is 6.54 Å². The number of carbonyl (C=O) groups is 1. The van der Waals surface area contributed by atoms with Gasteiger partial charge in [-0.3, -0.25) is 4.79 Å². The van der Waals surface area contributed by atoms with Gasteiger partial charge in [-0.05, 0) is 36.8 Å². The van der Waals surface area contributed by atoms with Gasteiger partial charge in [0.2, 0.25) is 5.82 Å². The minimum atomic E-state index is -0.771. The van der Waals surface area contributed by atoms with Crippen LogP contribution in [0.4, 0.5) is 5.69 Å². The van der Waals surface area contributed by atoms with Crippen LogP contribution in [0, 0.1) is 6.92 Å². The molecule has 2 N–H and O–H groups in total. The molecule has 7 heteroatoms. The Morgan fingerprint density at radius 1 is 1.20 bits per heavy atom. The number of aliphatic hydroxyl groups is 1. The normalized spacial score (nSPS) is 12.0. The number of carbonyl (C=O) groups excluding carboxylic acids is 1. The standard InChI is InChI=1S/C18H17ClN4O2/c1-12-2-8-15(9-3-12)21-18(25)17-20-11-23(22-17)10-16(24)13-4-6-14(19)7-5-13/h2-9,11,16,24H,10H2,1H3,(H,21,25)/t16-/m0/s1. The lowest BCUT2D eigenvalue weighted by Crippen LogP contribution is -2.15. The van der Waals surface area contributed by atoms with Gasteiger partial charge in [0.15, 0.2) is 0 Å². The van der Waals surface area contributed by atoms with Crippen molar-refractivity contribution >= 4 is 23.2 Å². The lowest BCUT2D eigenvalue weighted by molar-refractivity contribution is 0.101. The SMILES string of the molecule is Cc1ccc(NC(=O)c2ncn(C[C@H](O)c3ccc(Cl)cc3)n2)cc1. The predicted molar refractivity (Wildman–Crippen MR) is 95.6 cm³/mol. The quantitative estimate of drug-likeness (QED) is 0.735. The Morgan fingerprint density at radius 3 is 2.56 bits per heavy atom. The molecule has 0 fully saturated rings. The van der Waals surface area contributed by atoms with Crippen molar-refractivity contribution in [3.63, 3.8) is 0 Å². The molecule has 0 aliphatic carbocycles. The zero-order chi connectivity index (χ0) is 17.8. The van der Waals surface area contributed by atoms with Crippen molar-refractivity contribution in [1.82, 2.24) is 14.8 Å². The van der Waals surface area contributed by atoms with E-state index in [-0.39, 0.29) is 12.4 Å². The molecule has 1 aromatic heterocycles. The third-order valence-electron chi connectivity index (χ3n) is 3.66. The zero-order valence-electron chi connectivity index (χ0n) is 13.6. The molecular formula is C18H17ClN4O2. The van der Waals surface area contributed by atoms with E-state index in [1.54, 1.807) is 24.3 Å². The van der Waals surface area contributed by atoms with E-state index >= 15 is 0 Å². The Hall–Kier alpha value is -2.70. The lowest BCUT2D eigenvalue weighted by Gasteiger charge is -2.10.